The molecule has 2 N–H and O–H groups in total. The second kappa shape index (κ2) is 8.97. The van der Waals surface area contributed by atoms with Crippen LogP contribution < -0.4 is 11.3 Å². The van der Waals surface area contributed by atoms with Crippen LogP contribution in [0, 0.1) is 0 Å². The van der Waals surface area contributed by atoms with Gasteiger partial charge < -0.3 is 15.2 Å². The van der Waals surface area contributed by atoms with Gasteiger partial charge in [0.15, 0.2) is 0 Å². The lowest BCUT2D eigenvalue weighted by atomic mass is 10.2. The summed E-state index contributed by atoms with van der Waals surface area (Å²) in [7, 11) is 0. The maximum Gasteiger partial charge on any atom is 0.250 e. The first-order valence-electron chi connectivity index (χ1n) is 8.10. The van der Waals surface area contributed by atoms with Crippen molar-refractivity contribution in [2.75, 3.05) is 45.8 Å². The zero-order chi connectivity index (χ0) is 14.9. The molecule has 1 aromatic heterocycles. The maximum absolute atomic E-state index is 11.6. The molecule has 5 heteroatoms. The predicted octanol–water partition coefficient (Wildman–Crippen LogP) is 0.595. The second-order valence-electron chi connectivity index (χ2n) is 5.76. The third kappa shape index (κ3) is 5.61. The summed E-state index contributed by atoms with van der Waals surface area (Å²) < 4.78 is 1.79. The van der Waals surface area contributed by atoms with Gasteiger partial charge in [-0.15, -0.1) is 0 Å². The fraction of sp³-hybridized carbons (Fsp3) is 0.688. The van der Waals surface area contributed by atoms with Crippen LogP contribution in [0.2, 0.25) is 0 Å². The van der Waals surface area contributed by atoms with Crippen LogP contribution in [-0.4, -0.2) is 60.2 Å². The fourth-order valence-corrected chi connectivity index (χ4v) is 2.79. The molecule has 0 bridgehead atoms. The third-order valence-electron chi connectivity index (χ3n) is 4.20. The Morgan fingerprint density at radius 3 is 2.29 bits per heavy atom. The SMILES string of the molecule is NCCCCCN1CCN(CCn2ccccc2=O)CC1. The summed E-state index contributed by atoms with van der Waals surface area (Å²) in [4.78, 5) is 16.6. The lowest BCUT2D eigenvalue weighted by Gasteiger charge is -2.34. The topological polar surface area (TPSA) is 54.5 Å². The molecular formula is C16H28N4O. The van der Waals surface area contributed by atoms with Crippen molar-refractivity contribution in [2.45, 2.75) is 25.8 Å². The summed E-state index contributed by atoms with van der Waals surface area (Å²) in [6, 6.07) is 5.34. The summed E-state index contributed by atoms with van der Waals surface area (Å²) in [6.07, 6.45) is 5.52. The Labute approximate surface area is 127 Å². The van der Waals surface area contributed by atoms with Gasteiger partial charge in [0.25, 0.3) is 5.56 Å². The van der Waals surface area contributed by atoms with E-state index in [0.29, 0.717) is 0 Å². The first-order chi connectivity index (χ1) is 10.3. The van der Waals surface area contributed by atoms with E-state index in [9.17, 15) is 4.79 Å². The Balaban J connectivity index is 1.63. The number of aromatic nitrogens is 1. The maximum atomic E-state index is 11.6. The van der Waals surface area contributed by atoms with E-state index in [0.717, 1.165) is 52.2 Å². The lowest BCUT2D eigenvalue weighted by Crippen LogP contribution is -2.47. The van der Waals surface area contributed by atoms with Crippen molar-refractivity contribution in [3.05, 3.63) is 34.7 Å². The van der Waals surface area contributed by atoms with Gasteiger partial charge in [-0.25, -0.2) is 0 Å². The number of nitrogens with zero attached hydrogens (tertiary/aromatic N) is 3. The molecule has 2 rings (SSSR count). The van der Waals surface area contributed by atoms with E-state index in [2.05, 4.69) is 9.80 Å². The first kappa shape index (κ1) is 16.2. The minimum atomic E-state index is 0.0936. The number of pyridine rings is 1. The molecule has 0 radical (unpaired) electrons. The predicted molar refractivity (Wildman–Crippen MR) is 86.5 cm³/mol. The van der Waals surface area contributed by atoms with Crippen LogP contribution in [0.25, 0.3) is 0 Å². The highest BCUT2D eigenvalue weighted by atomic mass is 16.1. The van der Waals surface area contributed by atoms with Crippen molar-refractivity contribution in [3.63, 3.8) is 0 Å². The third-order valence-corrected chi connectivity index (χ3v) is 4.20. The van der Waals surface area contributed by atoms with Gasteiger partial charge in [-0.05, 0) is 32.0 Å². The molecule has 0 saturated carbocycles. The largest absolute Gasteiger partial charge is 0.330 e. The Morgan fingerprint density at radius 2 is 1.62 bits per heavy atom. The van der Waals surface area contributed by atoms with Crippen LogP contribution in [-0.2, 0) is 6.54 Å². The second-order valence-corrected chi connectivity index (χ2v) is 5.76. The minimum absolute atomic E-state index is 0.0936. The van der Waals surface area contributed by atoms with Gasteiger partial charge in [0.2, 0.25) is 0 Å². The highest BCUT2D eigenvalue weighted by Gasteiger charge is 2.15. The van der Waals surface area contributed by atoms with Crippen LogP contribution >= 0.6 is 0 Å². The molecule has 0 aliphatic carbocycles. The summed E-state index contributed by atoms with van der Waals surface area (Å²) in [5.74, 6) is 0. The molecule has 1 saturated heterocycles. The molecule has 1 aromatic rings. The van der Waals surface area contributed by atoms with E-state index in [-0.39, 0.29) is 5.56 Å². The molecule has 0 aromatic carbocycles. The van der Waals surface area contributed by atoms with Crippen LogP contribution in [0.5, 0.6) is 0 Å². The normalized spacial score (nSPS) is 17.2. The number of hydrogen-bond acceptors (Lipinski definition) is 4. The standard InChI is InChI=1S/C16H28N4O/c17-7-3-1-4-8-18-10-12-19(13-11-18)14-15-20-9-5-2-6-16(20)21/h2,5-6,9H,1,3-4,7-8,10-15,17H2. The first-order valence-corrected chi connectivity index (χ1v) is 8.10. The molecule has 0 unspecified atom stereocenters. The summed E-state index contributed by atoms with van der Waals surface area (Å²) in [5, 5.41) is 0. The summed E-state index contributed by atoms with van der Waals surface area (Å²) in [5.41, 5.74) is 5.61. The van der Waals surface area contributed by atoms with Crippen LogP contribution in [0.1, 0.15) is 19.3 Å². The molecule has 0 amide bonds. The van der Waals surface area contributed by atoms with Gasteiger partial charge in [-0.3, -0.25) is 9.69 Å². The van der Waals surface area contributed by atoms with Crippen molar-refractivity contribution < 1.29 is 0 Å². The molecule has 0 atom stereocenters. The van der Waals surface area contributed by atoms with Crippen molar-refractivity contribution >= 4 is 0 Å². The molecule has 0 spiro atoms. The van der Waals surface area contributed by atoms with Crippen molar-refractivity contribution in [1.29, 1.82) is 0 Å². The van der Waals surface area contributed by atoms with Gasteiger partial charge in [0.1, 0.15) is 0 Å². The van der Waals surface area contributed by atoms with Gasteiger partial charge in [0, 0.05) is 51.5 Å². The van der Waals surface area contributed by atoms with Crippen LogP contribution in [0.15, 0.2) is 29.2 Å². The molecular weight excluding hydrogens is 264 g/mol. The van der Waals surface area contributed by atoms with Gasteiger partial charge >= 0.3 is 0 Å². The molecule has 1 aliphatic rings. The van der Waals surface area contributed by atoms with E-state index in [1.54, 1.807) is 16.7 Å². The van der Waals surface area contributed by atoms with Crippen molar-refractivity contribution in [1.82, 2.24) is 14.4 Å². The molecule has 1 aliphatic heterocycles. The highest BCUT2D eigenvalue weighted by Crippen LogP contribution is 2.04. The molecule has 5 nitrogen and oxygen atoms in total. The van der Waals surface area contributed by atoms with E-state index < -0.39 is 0 Å². The van der Waals surface area contributed by atoms with Crippen molar-refractivity contribution in [3.8, 4) is 0 Å². The minimum Gasteiger partial charge on any atom is -0.330 e. The zero-order valence-corrected chi connectivity index (χ0v) is 12.9. The summed E-state index contributed by atoms with van der Waals surface area (Å²) >= 11 is 0. The monoisotopic (exact) mass is 292 g/mol. The van der Waals surface area contributed by atoms with E-state index in [1.165, 1.54) is 19.4 Å². The molecule has 118 valence electrons. The van der Waals surface area contributed by atoms with Crippen molar-refractivity contribution in [2.24, 2.45) is 5.73 Å². The molecule has 2 heterocycles. The Morgan fingerprint density at radius 1 is 0.905 bits per heavy atom. The number of hydrogen-bond donors (Lipinski definition) is 1. The smallest absolute Gasteiger partial charge is 0.250 e. The number of nitrogens with two attached hydrogens (primary N) is 1. The fourth-order valence-electron chi connectivity index (χ4n) is 2.79. The Hall–Kier alpha value is -1.17. The number of unbranched alkanes of at least 4 members (excludes halogenated alkanes) is 2. The van der Waals surface area contributed by atoms with E-state index in [4.69, 9.17) is 5.73 Å². The van der Waals surface area contributed by atoms with E-state index in [1.807, 2.05) is 12.3 Å². The van der Waals surface area contributed by atoms with E-state index >= 15 is 0 Å². The quantitative estimate of drug-likeness (QED) is 0.713. The number of rotatable bonds is 8. The average molecular weight is 292 g/mol. The Kier molecular flexibility index (Phi) is 6.92. The van der Waals surface area contributed by atoms with Crippen LogP contribution in [0.4, 0.5) is 0 Å². The van der Waals surface area contributed by atoms with Gasteiger partial charge in [-0.2, -0.15) is 0 Å². The molecule has 1 fully saturated rings. The highest BCUT2D eigenvalue weighted by molar-refractivity contribution is 4.93. The molecule has 21 heavy (non-hydrogen) atoms. The summed E-state index contributed by atoms with van der Waals surface area (Å²) in [6.45, 7) is 8.27. The zero-order valence-electron chi connectivity index (χ0n) is 12.9. The number of piperazine rings is 1. The van der Waals surface area contributed by atoms with Gasteiger partial charge in [-0.1, -0.05) is 12.5 Å². The Bertz CT molecular complexity index is 452. The van der Waals surface area contributed by atoms with Crippen LogP contribution in [0.3, 0.4) is 0 Å². The van der Waals surface area contributed by atoms with Gasteiger partial charge in [0.05, 0.1) is 0 Å². The average Bonchev–Trinajstić information content (AvgIpc) is 2.52. The lowest BCUT2D eigenvalue weighted by molar-refractivity contribution is 0.127.